The summed E-state index contributed by atoms with van der Waals surface area (Å²) in [5, 5.41) is 11.4. The van der Waals surface area contributed by atoms with Gasteiger partial charge in [-0.05, 0) is 24.0 Å². The van der Waals surface area contributed by atoms with Crippen LogP contribution in [0.1, 0.15) is 44.0 Å². The third-order valence-corrected chi connectivity index (χ3v) is 2.79. The molecule has 0 saturated carbocycles. The van der Waals surface area contributed by atoms with E-state index in [0.717, 1.165) is 12.1 Å². The number of carbonyl (C=O) groups is 2. The van der Waals surface area contributed by atoms with Crippen LogP contribution >= 0.6 is 0 Å². The first kappa shape index (κ1) is 17.1. The van der Waals surface area contributed by atoms with Crippen LogP contribution in [0.25, 0.3) is 0 Å². The molecule has 1 amide bonds. The minimum absolute atomic E-state index is 0.200. The molecule has 0 radical (unpaired) electrons. The Labute approximate surface area is 122 Å². The van der Waals surface area contributed by atoms with Gasteiger partial charge >= 0.3 is 5.97 Å². The number of nitrogens with one attached hydrogen (secondary N) is 1. The second kappa shape index (κ2) is 6.65. The van der Waals surface area contributed by atoms with Crippen molar-refractivity contribution >= 4 is 11.9 Å². The molecule has 1 aromatic carbocycles. The predicted molar refractivity (Wildman–Crippen MR) is 73.9 cm³/mol. The lowest BCUT2D eigenvalue weighted by molar-refractivity contribution is -0.137. The lowest BCUT2D eigenvalue weighted by Gasteiger charge is -2.25. The van der Waals surface area contributed by atoms with Crippen molar-refractivity contribution in [2.24, 2.45) is 5.41 Å². The van der Waals surface area contributed by atoms with E-state index in [9.17, 15) is 18.4 Å². The monoisotopic (exact) mass is 299 g/mol. The van der Waals surface area contributed by atoms with Gasteiger partial charge in [0.15, 0.2) is 0 Å². The third-order valence-electron chi connectivity index (χ3n) is 2.79. The molecule has 0 fully saturated rings. The first-order valence-electron chi connectivity index (χ1n) is 6.56. The zero-order chi connectivity index (χ0) is 16.2. The van der Waals surface area contributed by atoms with Gasteiger partial charge in [-0.25, -0.2) is 8.78 Å². The standard InChI is InChI=1S/C15H19F2NO3/c1-15(2,3)8-10(7-13(19)20)18-14(21)11-5-4-9(16)6-12(11)17/h4-6,10H,7-8H2,1-3H3,(H,18,21)(H,19,20). The molecule has 1 unspecified atom stereocenters. The van der Waals surface area contributed by atoms with Gasteiger partial charge in [-0.15, -0.1) is 0 Å². The van der Waals surface area contributed by atoms with Gasteiger partial charge in [-0.3, -0.25) is 9.59 Å². The summed E-state index contributed by atoms with van der Waals surface area (Å²) in [7, 11) is 0. The fourth-order valence-electron chi connectivity index (χ4n) is 2.06. The van der Waals surface area contributed by atoms with Gasteiger partial charge in [0.2, 0.25) is 0 Å². The van der Waals surface area contributed by atoms with E-state index in [2.05, 4.69) is 5.32 Å². The Morgan fingerprint density at radius 3 is 2.38 bits per heavy atom. The summed E-state index contributed by atoms with van der Waals surface area (Å²) in [5.74, 6) is -3.55. The minimum Gasteiger partial charge on any atom is -0.481 e. The smallest absolute Gasteiger partial charge is 0.305 e. The number of aliphatic carboxylic acids is 1. The molecule has 0 saturated heterocycles. The number of carboxylic acid groups (broad SMARTS) is 1. The quantitative estimate of drug-likeness (QED) is 0.878. The highest BCUT2D eigenvalue weighted by Crippen LogP contribution is 2.22. The topological polar surface area (TPSA) is 66.4 Å². The van der Waals surface area contributed by atoms with Gasteiger partial charge in [0.05, 0.1) is 12.0 Å². The number of rotatable bonds is 5. The van der Waals surface area contributed by atoms with E-state index >= 15 is 0 Å². The molecule has 0 spiro atoms. The Balaban J connectivity index is 2.86. The summed E-state index contributed by atoms with van der Waals surface area (Å²) in [6, 6.07) is 2.01. The van der Waals surface area contributed by atoms with Crippen LogP contribution in [-0.2, 0) is 4.79 Å². The number of hydrogen-bond acceptors (Lipinski definition) is 2. The second-order valence-electron chi connectivity index (χ2n) is 6.16. The molecule has 4 nitrogen and oxygen atoms in total. The lowest BCUT2D eigenvalue weighted by atomic mass is 9.87. The molecule has 0 aliphatic heterocycles. The van der Waals surface area contributed by atoms with Crippen molar-refractivity contribution in [3.63, 3.8) is 0 Å². The Kier molecular flexibility index (Phi) is 5.41. The Hall–Kier alpha value is -1.98. The zero-order valence-corrected chi connectivity index (χ0v) is 12.2. The van der Waals surface area contributed by atoms with Crippen LogP contribution in [-0.4, -0.2) is 23.0 Å². The molecule has 0 aliphatic rings. The van der Waals surface area contributed by atoms with E-state index in [4.69, 9.17) is 5.11 Å². The maximum absolute atomic E-state index is 13.5. The second-order valence-corrected chi connectivity index (χ2v) is 6.16. The molecule has 21 heavy (non-hydrogen) atoms. The van der Waals surface area contributed by atoms with Gasteiger partial charge in [0.1, 0.15) is 11.6 Å². The number of carbonyl (C=O) groups excluding carboxylic acids is 1. The van der Waals surface area contributed by atoms with E-state index in [1.54, 1.807) is 0 Å². The van der Waals surface area contributed by atoms with Crippen LogP contribution in [0.15, 0.2) is 18.2 Å². The van der Waals surface area contributed by atoms with Gasteiger partial charge in [0, 0.05) is 12.1 Å². The van der Waals surface area contributed by atoms with Crippen LogP contribution < -0.4 is 5.32 Å². The summed E-state index contributed by atoms with van der Waals surface area (Å²) in [6.45, 7) is 5.73. The highest BCUT2D eigenvalue weighted by atomic mass is 19.1. The van der Waals surface area contributed by atoms with E-state index in [0.29, 0.717) is 12.5 Å². The Morgan fingerprint density at radius 2 is 1.90 bits per heavy atom. The number of amides is 1. The van der Waals surface area contributed by atoms with E-state index in [-0.39, 0.29) is 17.4 Å². The summed E-state index contributed by atoms with van der Waals surface area (Å²) in [5.41, 5.74) is -0.505. The number of carboxylic acids is 1. The van der Waals surface area contributed by atoms with Crippen molar-refractivity contribution < 1.29 is 23.5 Å². The number of halogens is 2. The number of benzene rings is 1. The maximum atomic E-state index is 13.5. The average molecular weight is 299 g/mol. The van der Waals surface area contributed by atoms with Gasteiger partial charge in [-0.1, -0.05) is 20.8 Å². The number of hydrogen-bond donors (Lipinski definition) is 2. The van der Waals surface area contributed by atoms with Crippen LogP contribution in [0.2, 0.25) is 0 Å². The zero-order valence-electron chi connectivity index (χ0n) is 12.2. The summed E-state index contributed by atoms with van der Waals surface area (Å²) >= 11 is 0. The molecule has 116 valence electrons. The van der Waals surface area contributed by atoms with E-state index in [1.807, 2.05) is 20.8 Å². The SMILES string of the molecule is CC(C)(C)CC(CC(=O)O)NC(=O)c1ccc(F)cc1F. The summed E-state index contributed by atoms with van der Waals surface area (Å²) in [6.07, 6.45) is 0.166. The molecule has 1 atom stereocenters. The molecular formula is C15H19F2NO3. The van der Waals surface area contributed by atoms with E-state index < -0.39 is 29.6 Å². The fourth-order valence-corrected chi connectivity index (χ4v) is 2.06. The molecule has 1 aromatic rings. The predicted octanol–water partition coefficient (Wildman–Crippen LogP) is 2.97. The molecule has 1 rings (SSSR count). The normalized spacial score (nSPS) is 12.8. The first-order chi connectivity index (χ1) is 9.58. The van der Waals surface area contributed by atoms with Crippen LogP contribution in [0.4, 0.5) is 8.78 Å². The average Bonchev–Trinajstić information content (AvgIpc) is 2.24. The van der Waals surface area contributed by atoms with Gasteiger partial charge < -0.3 is 10.4 Å². The molecule has 0 aromatic heterocycles. The first-order valence-corrected chi connectivity index (χ1v) is 6.56. The van der Waals surface area contributed by atoms with Gasteiger partial charge in [-0.2, -0.15) is 0 Å². The third kappa shape index (κ3) is 5.89. The molecule has 6 heteroatoms. The molecule has 0 aliphatic carbocycles. The van der Waals surface area contributed by atoms with Gasteiger partial charge in [0.25, 0.3) is 5.91 Å². The van der Waals surface area contributed by atoms with Crippen molar-refractivity contribution in [3.05, 3.63) is 35.4 Å². The molecular weight excluding hydrogens is 280 g/mol. The summed E-state index contributed by atoms with van der Waals surface area (Å²) < 4.78 is 26.4. The molecule has 2 N–H and O–H groups in total. The molecule has 0 bridgehead atoms. The lowest BCUT2D eigenvalue weighted by Crippen LogP contribution is -2.39. The van der Waals surface area contributed by atoms with Crippen molar-refractivity contribution in [2.45, 2.75) is 39.7 Å². The van der Waals surface area contributed by atoms with Crippen LogP contribution in [0.3, 0.4) is 0 Å². The minimum atomic E-state index is -1.05. The Bertz CT molecular complexity index is 538. The van der Waals surface area contributed by atoms with Crippen molar-refractivity contribution in [1.29, 1.82) is 0 Å². The fraction of sp³-hybridized carbons (Fsp3) is 0.467. The highest BCUT2D eigenvalue weighted by molar-refractivity contribution is 5.94. The van der Waals surface area contributed by atoms with Crippen LogP contribution in [0.5, 0.6) is 0 Å². The van der Waals surface area contributed by atoms with Crippen LogP contribution in [0, 0.1) is 17.0 Å². The largest absolute Gasteiger partial charge is 0.481 e. The highest BCUT2D eigenvalue weighted by Gasteiger charge is 2.24. The molecule has 0 heterocycles. The van der Waals surface area contributed by atoms with Crippen molar-refractivity contribution in [2.75, 3.05) is 0 Å². The van der Waals surface area contributed by atoms with Crippen molar-refractivity contribution in [3.8, 4) is 0 Å². The summed E-state index contributed by atoms with van der Waals surface area (Å²) in [4.78, 5) is 22.8. The van der Waals surface area contributed by atoms with E-state index in [1.165, 1.54) is 0 Å². The Morgan fingerprint density at radius 1 is 1.29 bits per heavy atom. The maximum Gasteiger partial charge on any atom is 0.305 e. The van der Waals surface area contributed by atoms with Crippen molar-refractivity contribution in [1.82, 2.24) is 5.32 Å².